The summed E-state index contributed by atoms with van der Waals surface area (Å²) in [6.45, 7) is 5.89. The largest absolute Gasteiger partial charge is 0.486 e. The molecule has 0 aliphatic carbocycles. The molecule has 1 N–H and O–H groups in total. The Morgan fingerprint density at radius 1 is 1.05 bits per heavy atom. The predicted octanol–water partition coefficient (Wildman–Crippen LogP) is 4.23. The van der Waals surface area contributed by atoms with Crippen LogP contribution in [0.1, 0.15) is 23.1 Å². The van der Waals surface area contributed by atoms with Crippen LogP contribution < -0.4 is 19.9 Å². The molecule has 1 unspecified atom stereocenters. The van der Waals surface area contributed by atoms with Crippen LogP contribution in [0.15, 0.2) is 67.0 Å². The molecule has 6 rings (SSSR count). The zero-order chi connectivity index (χ0) is 28.0. The number of carbonyl (C=O) groups excluding carboxylic acids is 2. The monoisotopic (exact) mass is 540 g/mol. The third-order valence-electron chi connectivity index (χ3n) is 7.67. The summed E-state index contributed by atoms with van der Waals surface area (Å²) in [7, 11) is 1.79. The number of nitrogens with one attached hydrogen (secondary N) is 1. The van der Waals surface area contributed by atoms with Gasteiger partial charge in [0, 0.05) is 49.7 Å². The van der Waals surface area contributed by atoms with Crippen molar-refractivity contribution in [2.24, 2.45) is 7.05 Å². The van der Waals surface area contributed by atoms with Gasteiger partial charge >= 0.3 is 0 Å². The Bertz CT molecular complexity index is 1590. The van der Waals surface area contributed by atoms with E-state index in [1.165, 1.54) is 12.4 Å². The second-order valence-corrected chi connectivity index (χ2v) is 10.2. The number of ketones is 1. The standard InChI is InChI=1S/C30H29FN6O3/c1-18-13-23(20-7-5-4-6-8-20)27(35(18)3)28(38)29(39)34-22-9-10-24-26(14-22)40-19(2)25-17-36(11-12-37(24)25)30-32-15-21(31)16-33-30/h4-10,13-16,19,25H,11-12,17H2,1-3H3,(H,34,39)/t19?,25-/m1/s1. The second kappa shape index (κ2) is 10.1. The van der Waals surface area contributed by atoms with Crippen LogP contribution >= 0.6 is 0 Å². The van der Waals surface area contributed by atoms with Crippen molar-refractivity contribution in [2.45, 2.75) is 26.0 Å². The number of hydrogen-bond acceptors (Lipinski definition) is 7. The SMILES string of the molecule is Cc1cc(-c2ccccc2)c(C(=O)C(=O)Nc2ccc3c(c2)OC(C)[C@H]2CN(c4ncc(F)cn4)CCN32)n1C. The van der Waals surface area contributed by atoms with E-state index in [9.17, 15) is 14.0 Å². The van der Waals surface area contributed by atoms with E-state index in [0.29, 0.717) is 42.7 Å². The molecule has 1 saturated heterocycles. The van der Waals surface area contributed by atoms with E-state index in [2.05, 4.69) is 20.2 Å². The number of aromatic nitrogens is 3. The lowest BCUT2D eigenvalue weighted by Crippen LogP contribution is -2.60. The van der Waals surface area contributed by atoms with Crippen LogP contribution in [-0.4, -0.2) is 58.0 Å². The van der Waals surface area contributed by atoms with Crippen LogP contribution in [0, 0.1) is 12.7 Å². The number of aryl methyl sites for hydroxylation is 1. The van der Waals surface area contributed by atoms with Gasteiger partial charge in [0.15, 0.2) is 5.82 Å². The molecule has 0 saturated carbocycles. The molecule has 0 bridgehead atoms. The molecule has 4 heterocycles. The van der Waals surface area contributed by atoms with Crippen molar-refractivity contribution in [3.63, 3.8) is 0 Å². The zero-order valence-corrected chi connectivity index (χ0v) is 22.5. The topological polar surface area (TPSA) is 92.6 Å². The second-order valence-electron chi connectivity index (χ2n) is 10.2. The van der Waals surface area contributed by atoms with Gasteiger partial charge in [-0.25, -0.2) is 14.4 Å². The van der Waals surface area contributed by atoms with E-state index < -0.39 is 17.5 Å². The molecule has 9 nitrogen and oxygen atoms in total. The molecule has 2 aromatic heterocycles. The van der Waals surface area contributed by atoms with Gasteiger partial charge < -0.3 is 24.4 Å². The van der Waals surface area contributed by atoms with Gasteiger partial charge in [-0.05, 0) is 37.6 Å². The highest BCUT2D eigenvalue weighted by Gasteiger charge is 2.38. The quantitative estimate of drug-likeness (QED) is 0.299. The number of benzene rings is 2. The van der Waals surface area contributed by atoms with Crippen LogP contribution in [0.25, 0.3) is 11.1 Å². The Morgan fingerprint density at radius 3 is 2.55 bits per heavy atom. The van der Waals surface area contributed by atoms with Gasteiger partial charge in [0.05, 0.1) is 24.1 Å². The summed E-state index contributed by atoms with van der Waals surface area (Å²) in [5.74, 6) is -0.662. The molecule has 204 valence electrons. The lowest BCUT2D eigenvalue weighted by Gasteiger charge is -2.48. The third kappa shape index (κ3) is 4.55. The highest BCUT2D eigenvalue weighted by molar-refractivity contribution is 6.47. The number of halogens is 1. The maximum absolute atomic E-state index is 13.4. The fourth-order valence-electron chi connectivity index (χ4n) is 5.50. The first-order chi connectivity index (χ1) is 19.3. The van der Waals surface area contributed by atoms with E-state index in [1.807, 2.05) is 61.2 Å². The smallest absolute Gasteiger partial charge is 0.298 e. The minimum atomic E-state index is -0.715. The first kappa shape index (κ1) is 25.5. The van der Waals surface area contributed by atoms with E-state index in [4.69, 9.17) is 4.74 Å². The number of nitrogens with zero attached hydrogens (tertiary/aromatic N) is 5. The summed E-state index contributed by atoms with van der Waals surface area (Å²) < 4.78 is 21.3. The molecule has 2 aliphatic rings. The van der Waals surface area contributed by atoms with E-state index in [-0.39, 0.29) is 12.1 Å². The first-order valence-electron chi connectivity index (χ1n) is 13.2. The summed E-state index contributed by atoms with van der Waals surface area (Å²) in [6, 6.07) is 17.0. The molecule has 0 spiro atoms. The van der Waals surface area contributed by atoms with Gasteiger partial charge in [0.2, 0.25) is 5.95 Å². The average Bonchev–Trinajstić information content (AvgIpc) is 3.27. The highest BCUT2D eigenvalue weighted by Crippen LogP contribution is 2.40. The molecule has 0 radical (unpaired) electrons. The minimum Gasteiger partial charge on any atom is -0.486 e. The molecular weight excluding hydrogens is 511 g/mol. The Kier molecular flexibility index (Phi) is 6.45. The molecule has 2 aliphatic heterocycles. The fraction of sp³-hybridized carbons (Fsp3) is 0.267. The molecule has 1 fully saturated rings. The summed E-state index contributed by atoms with van der Waals surface area (Å²) in [5, 5.41) is 2.77. The Labute approximate surface area is 231 Å². The maximum Gasteiger partial charge on any atom is 0.298 e. The maximum atomic E-state index is 13.4. The summed E-state index contributed by atoms with van der Waals surface area (Å²) >= 11 is 0. The zero-order valence-electron chi connectivity index (χ0n) is 22.5. The summed E-state index contributed by atoms with van der Waals surface area (Å²) in [6.07, 6.45) is 2.18. The number of hydrogen-bond donors (Lipinski definition) is 1. The van der Waals surface area contributed by atoms with Crippen molar-refractivity contribution in [2.75, 3.05) is 34.8 Å². The van der Waals surface area contributed by atoms with Gasteiger partial charge in [-0.15, -0.1) is 0 Å². The lowest BCUT2D eigenvalue weighted by atomic mass is 10.0. The van der Waals surface area contributed by atoms with Crippen LogP contribution in [0.4, 0.5) is 21.7 Å². The minimum absolute atomic E-state index is 0.0360. The van der Waals surface area contributed by atoms with Crippen LogP contribution in [0.2, 0.25) is 0 Å². The van der Waals surface area contributed by atoms with Crippen LogP contribution in [-0.2, 0) is 11.8 Å². The molecule has 40 heavy (non-hydrogen) atoms. The average molecular weight is 541 g/mol. The third-order valence-corrected chi connectivity index (χ3v) is 7.67. The number of fused-ring (bicyclic) bond motifs is 3. The van der Waals surface area contributed by atoms with Crippen molar-refractivity contribution in [1.29, 1.82) is 0 Å². The van der Waals surface area contributed by atoms with Crippen molar-refractivity contribution in [3.8, 4) is 16.9 Å². The Hall–Kier alpha value is -4.73. The number of rotatable bonds is 5. The first-order valence-corrected chi connectivity index (χ1v) is 13.2. The van der Waals surface area contributed by atoms with Crippen molar-refractivity contribution >= 4 is 29.0 Å². The normalized spacial score (nSPS) is 18.0. The predicted molar refractivity (Wildman–Crippen MR) is 150 cm³/mol. The summed E-state index contributed by atoms with van der Waals surface area (Å²) in [5.41, 5.74) is 4.21. The number of Topliss-reactive ketones (excluding diaryl/α,β-unsaturated/α-hetero) is 1. The number of amides is 1. The Balaban J connectivity index is 1.20. The van der Waals surface area contributed by atoms with E-state index >= 15 is 0 Å². The molecule has 2 aromatic carbocycles. The highest BCUT2D eigenvalue weighted by atomic mass is 19.1. The number of carbonyl (C=O) groups is 2. The van der Waals surface area contributed by atoms with Crippen molar-refractivity contribution in [1.82, 2.24) is 14.5 Å². The van der Waals surface area contributed by atoms with Crippen molar-refractivity contribution < 1.29 is 18.7 Å². The van der Waals surface area contributed by atoms with Gasteiger partial charge in [-0.2, -0.15) is 0 Å². The fourth-order valence-corrected chi connectivity index (χ4v) is 5.50. The van der Waals surface area contributed by atoms with E-state index in [1.54, 1.807) is 23.7 Å². The number of piperazine rings is 1. The van der Waals surface area contributed by atoms with Gasteiger partial charge in [-0.1, -0.05) is 30.3 Å². The van der Waals surface area contributed by atoms with Gasteiger partial charge in [0.25, 0.3) is 11.7 Å². The van der Waals surface area contributed by atoms with Gasteiger partial charge in [0.1, 0.15) is 17.5 Å². The van der Waals surface area contributed by atoms with E-state index in [0.717, 1.165) is 22.5 Å². The molecule has 10 heteroatoms. The molecular formula is C30H29FN6O3. The number of anilines is 3. The van der Waals surface area contributed by atoms with Crippen LogP contribution in [0.3, 0.4) is 0 Å². The lowest BCUT2D eigenvalue weighted by molar-refractivity contribution is -0.112. The van der Waals surface area contributed by atoms with Crippen LogP contribution in [0.5, 0.6) is 5.75 Å². The molecule has 1 amide bonds. The number of ether oxygens (including phenoxy) is 1. The molecule has 4 aromatic rings. The van der Waals surface area contributed by atoms with Gasteiger partial charge in [-0.3, -0.25) is 9.59 Å². The summed E-state index contributed by atoms with van der Waals surface area (Å²) in [4.78, 5) is 39.1. The Morgan fingerprint density at radius 2 is 1.80 bits per heavy atom. The van der Waals surface area contributed by atoms with Crippen molar-refractivity contribution in [3.05, 3.63) is 84.2 Å². The molecule has 2 atom stereocenters.